The standard InChI is InChI=1S/C16H29NO/c1-15(2)16(9-5-6-10-16)18-14-13-17-11-7-3-4-8-12-17/h1,3-14H2,2H3. The van der Waals surface area contributed by atoms with Crippen molar-refractivity contribution in [2.45, 2.75) is 63.9 Å². The van der Waals surface area contributed by atoms with Crippen LogP contribution in [0.2, 0.25) is 0 Å². The van der Waals surface area contributed by atoms with Gasteiger partial charge in [-0.3, -0.25) is 0 Å². The van der Waals surface area contributed by atoms with Crippen molar-refractivity contribution in [3.8, 4) is 0 Å². The Labute approximate surface area is 112 Å². The molecular weight excluding hydrogens is 222 g/mol. The van der Waals surface area contributed by atoms with E-state index in [9.17, 15) is 0 Å². The molecule has 0 amide bonds. The van der Waals surface area contributed by atoms with E-state index in [1.54, 1.807) is 0 Å². The third kappa shape index (κ3) is 3.58. The maximum atomic E-state index is 6.25. The number of hydrogen-bond donors (Lipinski definition) is 0. The molecule has 0 bridgehead atoms. The Hall–Kier alpha value is -0.340. The topological polar surface area (TPSA) is 12.5 Å². The molecule has 1 aliphatic heterocycles. The monoisotopic (exact) mass is 251 g/mol. The minimum Gasteiger partial charge on any atom is -0.369 e. The van der Waals surface area contributed by atoms with Gasteiger partial charge in [0.05, 0.1) is 12.2 Å². The molecule has 0 N–H and O–H groups in total. The molecule has 2 fully saturated rings. The summed E-state index contributed by atoms with van der Waals surface area (Å²) in [6.07, 6.45) is 10.5. The second-order valence-electron chi connectivity index (χ2n) is 6.09. The van der Waals surface area contributed by atoms with Crippen LogP contribution in [0.15, 0.2) is 12.2 Å². The SMILES string of the molecule is C=C(C)C1(OCCN2CCCCCC2)CCCC1. The molecule has 0 atom stereocenters. The summed E-state index contributed by atoms with van der Waals surface area (Å²) in [7, 11) is 0. The molecule has 0 aromatic rings. The maximum absolute atomic E-state index is 6.25. The Kier molecular flexibility index (Phi) is 5.25. The highest BCUT2D eigenvalue weighted by molar-refractivity contribution is 5.12. The summed E-state index contributed by atoms with van der Waals surface area (Å²) in [6, 6.07) is 0. The van der Waals surface area contributed by atoms with Crippen molar-refractivity contribution >= 4 is 0 Å². The first-order valence-electron chi connectivity index (χ1n) is 7.75. The Bertz CT molecular complexity index is 260. The molecule has 0 radical (unpaired) electrons. The lowest BCUT2D eigenvalue weighted by Crippen LogP contribution is -2.35. The van der Waals surface area contributed by atoms with Gasteiger partial charge in [-0.1, -0.05) is 32.3 Å². The average Bonchev–Trinajstić information content (AvgIpc) is 2.68. The lowest BCUT2D eigenvalue weighted by atomic mass is 9.94. The minimum atomic E-state index is 0.0197. The minimum absolute atomic E-state index is 0.0197. The summed E-state index contributed by atoms with van der Waals surface area (Å²) in [5.41, 5.74) is 1.25. The van der Waals surface area contributed by atoms with Crippen LogP contribution in [0, 0.1) is 0 Å². The van der Waals surface area contributed by atoms with Crippen LogP contribution in [0.5, 0.6) is 0 Å². The van der Waals surface area contributed by atoms with Crippen LogP contribution in [0.25, 0.3) is 0 Å². The summed E-state index contributed by atoms with van der Waals surface area (Å²) >= 11 is 0. The molecule has 2 nitrogen and oxygen atoms in total. The molecule has 2 rings (SSSR count). The Morgan fingerprint density at radius 2 is 1.67 bits per heavy atom. The van der Waals surface area contributed by atoms with Gasteiger partial charge >= 0.3 is 0 Å². The van der Waals surface area contributed by atoms with E-state index in [2.05, 4.69) is 18.4 Å². The van der Waals surface area contributed by atoms with Gasteiger partial charge in [0.15, 0.2) is 0 Å². The predicted molar refractivity (Wildman–Crippen MR) is 76.9 cm³/mol. The molecule has 2 heteroatoms. The quantitative estimate of drug-likeness (QED) is 0.690. The van der Waals surface area contributed by atoms with E-state index in [0.29, 0.717) is 0 Å². The van der Waals surface area contributed by atoms with Crippen molar-refractivity contribution < 1.29 is 4.74 Å². The van der Waals surface area contributed by atoms with Crippen molar-refractivity contribution in [3.63, 3.8) is 0 Å². The molecule has 104 valence electrons. The third-order valence-electron chi connectivity index (χ3n) is 4.67. The van der Waals surface area contributed by atoms with Crippen LogP contribution in [0.1, 0.15) is 58.3 Å². The zero-order chi connectivity index (χ0) is 12.8. The molecule has 1 heterocycles. The predicted octanol–water partition coefficient (Wildman–Crippen LogP) is 3.77. The van der Waals surface area contributed by atoms with E-state index in [1.165, 1.54) is 70.0 Å². The third-order valence-corrected chi connectivity index (χ3v) is 4.67. The molecule has 1 saturated carbocycles. The summed E-state index contributed by atoms with van der Waals surface area (Å²) < 4.78 is 6.25. The highest BCUT2D eigenvalue weighted by Gasteiger charge is 2.35. The second kappa shape index (κ2) is 6.72. The maximum Gasteiger partial charge on any atom is 0.0886 e. The number of hydrogen-bond acceptors (Lipinski definition) is 2. The first kappa shape index (κ1) is 14.1. The van der Waals surface area contributed by atoms with Crippen LogP contribution in [-0.2, 0) is 4.74 Å². The first-order chi connectivity index (χ1) is 8.73. The Morgan fingerprint density at radius 3 is 2.22 bits per heavy atom. The van der Waals surface area contributed by atoms with E-state index in [-0.39, 0.29) is 5.60 Å². The molecule has 2 aliphatic rings. The molecular formula is C16H29NO. The van der Waals surface area contributed by atoms with Gasteiger partial charge in [0.2, 0.25) is 0 Å². The zero-order valence-electron chi connectivity index (χ0n) is 12.0. The van der Waals surface area contributed by atoms with Crippen LogP contribution in [0.3, 0.4) is 0 Å². The van der Waals surface area contributed by atoms with E-state index in [0.717, 1.165) is 13.2 Å². The second-order valence-corrected chi connectivity index (χ2v) is 6.09. The van der Waals surface area contributed by atoms with E-state index in [4.69, 9.17) is 4.74 Å². The van der Waals surface area contributed by atoms with Gasteiger partial charge in [0.25, 0.3) is 0 Å². The molecule has 0 aromatic heterocycles. The molecule has 1 aliphatic carbocycles. The van der Waals surface area contributed by atoms with Crippen molar-refractivity contribution in [2.75, 3.05) is 26.2 Å². The summed E-state index contributed by atoms with van der Waals surface area (Å²) in [4.78, 5) is 2.58. The van der Waals surface area contributed by atoms with Crippen LogP contribution in [0.4, 0.5) is 0 Å². The van der Waals surface area contributed by atoms with Crippen molar-refractivity contribution in [1.82, 2.24) is 4.90 Å². The number of ether oxygens (including phenoxy) is 1. The zero-order valence-corrected chi connectivity index (χ0v) is 12.0. The number of nitrogens with zero attached hydrogens (tertiary/aromatic N) is 1. The molecule has 18 heavy (non-hydrogen) atoms. The van der Waals surface area contributed by atoms with Gasteiger partial charge in [-0.2, -0.15) is 0 Å². The van der Waals surface area contributed by atoms with Gasteiger partial charge in [-0.25, -0.2) is 0 Å². The van der Waals surface area contributed by atoms with Crippen LogP contribution >= 0.6 is 0 Å². The molecule has 1 saturated heterocycles. The fourth-order valence-corrected chi connectivity index (χ4v) is 3.37. The van der Waals surface area contributed by atoms with Crippen molar-refractivity contribution in [1.29, 1.82) is 0 Å². The summed E-state index contributed by atoms with van der Waals surface area (Å²) in [5.74, 6) is 0. The van der Waals surface area contributed by atoms with Crippen LogP contribution in [-0.4, -0.2) is 36.7 Å². The largest absolute Gasteiger partial charge is 0.369 e. The summed E-state index contributed by atoms with van der Waals surface area (Å²) in [5, 5.41) is 0. The van der Waals surface area contributed by atoms with E-state index in [1.807, 2.05) is 0 Å². The van der Waals surface area contributed by atoms with Gasteiger partial charge in [0.1, 0.15) is 0 Å². The van der Waals surface area contributed by atoms with Gasteiger partial charge in [-0.15, -0.1) is 0 Å². The fraction of sp³-hybridized carbons (Fsp3) is 0.875. The smallest absolute Gasteiger partial charge is 0.0886 e. The first-order valence-corrected chi connectivity index (χ1v) is 7.75. The highest BCUT2D eigenvalue weighted by Crippen LogP contribution is 2.38. The molecule has 0 spiro atoms. The van der Waals surface area contributed by atoms with Gasteiger partial charge in [0, 0.05) is 6.54 Å². The number of rotatable bonds is 5. The van der Waals surface area contributed by atoms with Crippen molar-refractivity contribution in [2.24, 2.45) is 0 Å². The molecule has 0 unspecified atom stereocenters. The van der Waals surface area contributed by atoms with E-state index < -0.39 is 0 Å². The average molecular weight is 251 g/mol. The highest BCUT2D eigenvalue weighted by atomic mass is 16.5. The Balaban J connectivity index is 1.74. The summed E-state index contributed by atoms with van der Waals surface area (Å²) in [6.45, 7) is 10.8. The molecule has 0 aromatic carbocycles. The van der Waals surface area contributed by atoms with Gasteiger partial charge in [-0.05, 0) is 51.3 Å². The van der Waals surface area contributed by atoms with Crippen molar-refractivity contribution in [3.05, 3.63) is 12.2 Å². The lowest BCUT2D eigenvalue weighted by molar-refractivity contribution is -0.0209. The van der Waals surface area contributed by atoms with E-state index >= 15 is 0 Å². The number of likely N-dealkylation sites (tertiary alicyclic amines) is 1. The Morgan fingerprint density at radius 1 is 1.06 bits per heavy atom. The van der Waals surface area contributed by atoms with Crippen LogP contribution < -0.4 is 0 Å². The normalized spacial score (nSPS) is 24.9. The lowest BCUT2D eigenvalue weighted by Gasteiger charge is -2.31. The van der Waals surface area contributed by atoms with Gasteiger partial charge < -0.3 is 9.64 Å². The fourth-order valence-electron chi connectivity index (χ4n) is 3.37.